The molecular weight excluding hydrogens is 386 g/mol. The fraction of sp³-hybridized carbons (Fsp3) is 0.500. The standard InChI is InChI=1S/C26H31N3O2/c1-18-15-20(11-12-28-18)26(24(30)22-9-5-6-10-23(22)25(26)31)29-14-13-27-17-21(29)16-19-7-3-2-4-8-19/h5-6,9-12,15,19,21,27H,2-4,7-8,13-14,16-17H2,1H3. The number of rotatable bonds is 4. The van der Waals surface area contributed by atoms with E-state index in [1.54, 1.807) is 6.20 Å². The van der Waals surface area contributed by atoms with Gasteiger partial charge in [0.05, 0.1) is 0 Å². The summed E-state index contributed by atoms with van der Waals surface area (Å²) in [5.74, 6) is 0.523. The zero-order chi connectivity index (χ0) is 21.4. The van der Waals surface area contributed by atoms with Crippen molar-refractivity contribution >= 4 is 11.6 Å². The molecule has 3 aliphatic rings. The second-order valence-corrected chi connectivity index (χ2v) is 9.39. The predicted molar refractivity (Wildman–Crippen MR) is 120 cm³/mol. The van der Waals surface area contributed by atoms with Gasteiger partial charge in [-0.3, -0.25) is 19.5 Å². The Labute approximate surface area is 184 Å². The van der Waals surface area contributed by atoms with Crippen molar-refractivity contribution in [2.75, 3.05) is 19.6 Å². The number of ketones is 2. The number of hydrogen-bond donors (Lipinski definition) is 1. The molecule has 1 saturated heterocycles. The zero-order valence-electron chi connectivity index (χ0n) is 18.3. The molecule has 1 unspecified atom stereocenters. The summed E-state index contributed by atoms with van der Waals surface area (Å²) in [6.07, 6.45) is 9.20. The number of Topliss-reactive ketones (excluding diaryl/α,β-unsaturated/α-hetero) is 2. The number of aryl methyl sites for hydroxylation is 1. The summed E-state index contributed by atoms with van der Waals surface area (Å²) in [5, 5.41) is 3.53. The van der Waals surface area contributed by atoms with E-state index >= 15 is 0 Å². The number of benzene rings is 1. The van der Waals surface area contributed by atoms with Crippen molar-refractivity contribution in [2.45, 2.75) is 57.0 Å². The van der Waals surface area contributed by atoms with Crippen LogP contribution >= 0.6 is 0 Å². The van der Waals surface area contributed by atoms with Gasteiger partial charge in [-0.15, -0.1) is 0 Å². The van der Waals surface area contributed by atoms with Gasteiger partial charge in [-0.05, 0) is 37.0 Å². The van der Waals surface area contributed by atoms with Crippen molar-refractivity contribution < 1.29 is 9.59 Å². The Bertz CT molecular complexity index is 961. The molecule has 5 rings (SSSR count). The topological polar surface area (TPSA) is 62.3 Å². The van der Waals surface area contributed by atoms with Crippen LogP contribution in [0.1, 0.15) is 70.5 Å². The van der Waals surface area contributed by atoms with E-state index in [1.165, 1.54) is 32.1 Å². The molecule has 0 radical (unpaired) electrons. The molecule has 1 aromatic heterocycles. The van der Waals surface area contributed by atoms with E-state index in [1.807, 2.05) is 43.3 Å². The quantitative estimate of drug-likeness (QED) is 0.765. The third-order valence-electron chi connectivity index (χ3n) is 7.50. The van der Waals surface area contributed by atoms with E-state index in [2.05, 4.69) is 15.2 Å². The fourth-order valence-corrected chi connectivity index (χ4v) is 6.05. The Hall–Kier alpha value is -2.37. The molecule has 1 aliphatic heterocycles. The van der Waals surface area contributed by atoms with E-state index in [0.717, 1.165) is 30.8 Å². The van der Waals surface area contributed by atoms with Crippen LogP contribution in [-0.2, 0) is 5.54 Å². The number of hydrogen-bond acceptors (Lipinski definition) is 5. The average Bonchev–Trinajstić information content (AvgIpc) is 3.03. The molecule has 1 saturated carbocycles. The van der Waals surface area contributed by atoms with Crippen molar-refractivity contribution in [1.29, 1.82) is 0 Å². The summed E-state index contributed by atoms with van der Waals surface area (Å²) < 4.78 is 0. The normalized spacial score (nSPS) is 24.4. The highest BCUT2D eigenvalue weighted by molar-refractivity contribution is 6.32. The van der Waals surface area contributed by atoms with Gasteiger partial charge in [-0.1, -0.05) is 56.4 Å². The number of nitrogens with zero attached hydrogens (tertiary/aromatic N) is 2. The molecule has 0 bridgehead atoms. The van der Waals surface area contributed by atoms with E-state index in [9.17, 15) is 9.59 Å². The van der Waals surface area contributed by atoms with Crippen LogP contribution in [0.3, 0.4) is 0 Å². The van der Waals surface area contributed by atoms with Crippen LogP contribution in [0.5, 0.6) is 0 Å². The second kappa shape index (κ2) is 8.29. The molecule has 0 spiro atoms. The maximum absolute atomic E-state index is 14.1. The number of carbonyl (C=O) groups excluding carboxylic acids is 2. The van der Waals surface area contributed by atoms with Crippen molar-refractivity contribution in [1.82, 2.24) is 15.2 Å². The molecule has 1 aromatic carbocycles. The van der Waals surface area contributed by atoms with Gasteiger partial charge in [0.25, 0.3) is 0 Å². The minimum Gasteiger partial charge on any atom is -0.314 e. The van der Waals surface area contributed by atoms with E-state index in [0.29, 0.717) is 23.6 Å². The average molecular weight is 418 g/mol. The molecular formula is C26H31N3O2. The summed E-state index contributed by atoms with van der Waals surface area (Å²) in [7, 11) is 0. The lowest BCUT2D eigenvalue weighted by molar-refractivity contribution is 0.0188. The molecule has 5 heteroatoms. The van der Waals surface area contributed by atoms with Crippen LogP contribution < -0.4 is 5.32 Å². The maximum Gasteiger partial charge on any atom is 0.196 e. The van der Waals surface area contributed by atoms with Crippen LogP contribution in [0, 0.1) is 12.8 Å². The van der Waals surface area contributed by atoms with Gasteiger partial charge in [0.2, 0.25) is 0 Å². The number of pyridine rings is 1. The zero-order valence-corrected chi connectivity index (χ0v) is 18.3. The third-order valence-corrected chi connectivity index (χ3v) is 7.50. The SMILES string of the molecule is Cc1cc(C2(N3CCNCC3CC3CCCCC3)C(=O)c3ccccc3C2=O)ccn1. The maximum atomic E-state index is 14.1. The van der Waals surface area contributed by atoms with Gasteiger partial charge in [-0.2, -0.15) is 0 Å². The van der Waals surface area contributed by atoms with Gasteiger partial charge in [0.1, 0.15) is 0 Å². The molecule has 162 valence electrons. The monoisotopic (exact) mass is 417 g/mol. The smallest absolute Gasteiger partial charge is 0.196 e. The molecule has 0 amide bonds. The molecule has 2 aliphatic carbocycles. The first-order valence-electron chi connectivity index (χ1n) is 11.7. The first-order valence-corrected chi connectivity index (χ1v) is 11.7. The lowest BCUT2D eigenvalue weighted by Crippen LogP contribution is -2.64. The molecule has 5 nitrogen and oxygen atoms in total. The number of aromatic nitrogens is 1. The van der Waals surface area contributed by atoms with Gasteiger partial charge in [0, 0.05) is 48.7 Å². The molecule has 1 N–H and O–H groups in total. The van der Waals surface area contributed by atoms with E-state index < -0.39 is 5.54 Å². The minimum absolute atomic E-state index is 0.0748. The molecule has 1 atom stereocenters. The number of piperazine rings is 1. The molecule has 2 heterocycles. The second-order valence-electron chi connectivity index (χ2n) is 9.39. The summed E-state index contributed by atoms with van der Waals surface area (Å²) in [6, 6.07) is 11.3. The lowest BCUT2D eigenvalue weighted by Gasteiger charge is -2.47. The van der Waals surface area contributed by atoms with Gasteiger partial charge >= 0.3 is 0 Å². The number of nitrogens with one attached hydrogen (secondary N) is 1. The molecule has 2 aromatic rings. The number of fused-ring (bicyclic) bond motifs is 1. The highest BCUT2D eigenvalue weighted by Crippen LogP contribution is 2.45. The van der Waals surface area contributed by atoms with Gasteiger partial charge < -0.3 is 5.32 Å². The van der Waals surface area contributed by atoms with Crippen molar-refractivity contribution in [2.24, 2.45) is 5.92 Å². The van der Waals surface area contributed by atoms with Gasteiger partial charge in [-0.25, -0.2) is 0 Å². The third kappa shape index (κ3) is 3.35. The summed E-state index contributed by atoms with van der Waals surface area (Å²) in [6.45, 7) is 4.21. The first kappa shape index (κ1) is 20.5. The highest BCUT2D eigenvalue weighted by Gasteiger charge is 2.59. The largest absolute Gasteiger partial charge is 0.314 e. The summed E-state index contributed by atoms with van der Waals surface area (Å²) >= 11 is 0. The van der Waals surface area contributed by atoms with Gasteiger partial charge in [0.15, 0.2) is 17.1 Å². The van der Waals surface area contributed by atoms with Crippen LogP contribution in [0.15, 0.2) is 42.6 Å². The fourth-order valence-electron chi connectivity index (χ4n) is 6.05. The van der Waals surface area contributed by atoms with E-state index in [4.69, 9.17) is 0 Å². The van der Waals surface area contributed by atoms with Crippen LogP contribution in [0.4, 0.5) is 0 Å². The lowest BCUT2D eigenvalue weighted by atomic mass is 9.78. The Morgan fingerprint density at radius 2 is 1.77 bits per heavy atom. The molecule has 31 heavy (non-hydrogen) atoms. The van der Waals surface area contributed by atoms with Crippen molar-refractivity contribution in [3.63, 3.8) is 0 Å². The summed E-state index contributed by atoms with van der Waals surface area (Å²) in [4.78, 5) is 34.7. The van der Waals surface area contributed by atoms with Crippen molar-refractivity contribution in [3.8, 4) is 0 Å². The Kier molecular flexibility index (Phi) is 5.49. The Morgan fingerprint density at radius 1 is 1.06 bits per heavy atom. The van der Waals surface area contributed by atoms with Crippen LogP contribution in [0.2, 0.25) is 0 Å². The van der Waals surface area contributed by atoms with Crippen LogP contribution in [0.25, 0.3) is 0 Å². The van der Waals surface area contributed by atoms with Crippen molar-refractivity contribution in [3.05, 3.63) is 65.0 Å². The minimum atomic E-state index is -1.28. The van der Waals surface area contributed by atoms with Crippen LogP contribution in [-0.4, -0.2) is 47.1 Å². The Balaban J connectivity index is 1.62. The first-order chi connectivity index (χ1) is 15.1. The predicted octanol–water partition coefficient (Wildman–Crippen LogP) is 3.91. The highest BCUT2D eigenvalue weighted by atomic mass is 16.2. The molecule has 2 fully saturated rings. The summed E-state index contributed by atoms with van der Waals surface area (Å²) in [5.41, 5.74) is 1.42. The Morgan fingerprint density at radius 3 is 2.45 bits per heavy atom. The number of carbonyl (C=O) groups is 2. The van der Waals surface area contributed by atoms with E-state index in [-0.39, 0.29) is 17.6 Å².